The van der Waals surface area contributed by atoms with Gasteiger partial charge in [0.25, 0.3) is 5.56 Å². The van der Waals surface area contributed by atoms with E-state index in [1.54, 1.807) is 24.1 Å². The number of carbonyl (C=O) groups is 1. The molecule has 0 bridgehead atoms. The molecule has 1 aliphatic heterocycles. The monoisotopic (exact) mass is 414 g/mol. The number of rotatable bonds is 4. The van der Waals surface area contributed by atoms with Crippen LogP contribution in [0.5, 0.6) is 0 Å². The SMILES string of the molecule is Cn1c(=O)c2[nH]c(CCC(=O)N3CCN(c4ccc(F)cc4)CC3)nc2n(C)c1=O. The number of carbonyl (C=O) groups excluding carboxylic acids is 1. The number of nitrogens with zero attached hydrogens (tertiary/aromatic N) is 5. The molecule has 30 heavy (non-hydrogen) atoms. The van der Waals surface area contributed by atoms with Gasteiger partial charge in [0.1, 0.15) is 17.2 Å². The summed E-state index contributed by atoms with van der Waals surface area (Å²) in [5.74, 6) is 0.244. The van der Waals surface area contributed by atoms with Crippen LogP contribution in [0.25, 0.3) is 11.2 Å². The van der Waals surface area contributed by atoms with Crippen LogP contribution in [0.1, 0.15) is 12.2 Å². The van der Waals surface area contributed by atoms with Crippen LogP contribution in [0.15, 0.2) is 33.9 Å². The normalized spacial score (nSPS) is 14.5. The maximum absolute atomic E-state index is 13.1. The highest BCUT2D eigenvalue weighted by Gasteiger charge is 2.22. The Balaban J connectivity index is 1.38. The zero-order valence-electron chi connectivity index (χ0n) is 16.9. The van der Waals surface area contributed by atoms with Crippen molar-refractivity contribution in [3.63, 3.8) is 0 Å². The number of imidazole rings is 1. The van der Waals surface area contributed by atoms with Crippen LogP contribution in [-0.4, -0.2) is 56.1 Å². The minimum Gasteiger partial charge on any atom is -0.368 e. The third kappa shape index (κ3) is 3.60. The summed E-state index contributed by atoms with van der Waals surface area (Å²) in [6.45, 7) is 2.54. The molecule has 0 spiro atoms. The second-order valence-electron chi connectivity index (χ2n) is 7.43. The first-order valence-electron chi connectivity index (χ1n) is 9.78. The Kier molecular flexibility index (Phi) is 5.15. The molecule has 158 valence electrons. The van der Waals surface area contributed by atoms with Gasteiger partial charge in [-0.25, -0.2) is 14.2 Å². The Morgan fingerprint density at radius 2 is 1.73 bits per heavy atom. The molecule has 0 atom stereocenters. The number of aromatic amines is 1. The average Bonchev–Trinajstić information content (AvgIpc) is 3.20. The number of aromatic nitrogens is 4. The number of amides is 1. The number of halogens is 1. The molecular formula is C20H23FN6O3. The summed E-state index contributed by atoms with van der Waals surface area (Å²) in [4.78, 5) is 48.1. The van der Waals surface area contributed by atoms with Crippen molar-refractivity contribution in [2.24, 2.45) is 14.1 Å². The van der Waals surface area contributed by atoms with Gasteiger partial charge in [-0.3, -0.25) is 18.7 Å². The number of piperazine rings is 1. The Bertz CT molecular complexity index is 1200. The van der Waals surface area contributed by atoms with Crippen molar-refractivity contribution in [3.8, 4) is 0 Å². The van der Waals surface area contributed by atoms with Crippen molar-refractivity contribution >= 4 is 22.8 Å². The zero-order valence-corrected chi connectivity index (χ0v) is 16.9. The lowest BCUT2D eigenvalue weighted by molar-refractivity contribution is -0.131. The molecule has 10 heteroatoms. The highest BCUT2D eigenvalue weighted by atomic mass is 19.1. The molecule has 3 heterocycles. The van der Waals surface area contributed by atoms with Gasteiger partial charge in [0, 0.05) is 58.8 Å². The first-order chi connectivity index (χ1) is 14.3. The van der Waals surface area contributed by atoms with E-state index in [4.69, 9.17) is 0 Å². The number of benzene rings is 1. The molecule has 1 aliphatic rings. The molecule has 3 aromatic rings. The predicted molar refractivity (Wildman–Crippen MR) is 110 cm³/mol. The number of fused-ring (bicyclic) bond motifs is 1. The Morgan fingerprint density at radius 3 is 2.40 bits per heavy atom. The highest BCUT2D eigenvalue weighted by Crippen LogP contribution is 2.17. The molecule has 1 amide bonds. The van der Waals surface area contributed by atoms with E-state index in [1.807, 2.05) is 0 Å². The minimum absolute atomic E-state index is 0.0102. The summed E-state index contributed by atoms with van der Waals surface area (Å²) < 4.78 is 15.4. The molecule has 0 unspecified atom stereocenters. The fourth-order valence-electron chi connectivity index (χ4n) is 3.74. The smallest absolute Gasteiger partial charge is 0.332 e. The van der Waals surface area contributed by atoms with Crippen LogP contribution >= 0.6 is 0 Å². The van der Waals surface area contributed by atoms with E-state index in [0.717, 1.165) is 10.3 Å². The summed E-state index contributed by atoms with van der Waals surface area (Å²) in [5.41, 5.74) is 0.613. The van der Waals surface area contributed by atoms with E-state index in [-0.39, 0.29) is 23.7 Å². The van der Waals surface area contributed by atoms with Gasteiger partial charge in [-0.05, 0) is 24.3 Å². The number of nitrogens with one attached hydrogen (secondary N) is 1. The molecule has 1 N–H and O–H groups in total. The van der Waals surface area contributed by atoms with Gasteiger partial charge in [-0.1, -0.05) is 0 Å². The van der Waals surface area contributed by atoms with Gasteiger partial charge in [0.15, 0.2) is 5.65 Å². The predicted octanol–water partition coefficient (Wildman–Crippen LogP) is 0.381. The molecule has 1 aromatic carbocycles. The number of hydrogen-bond acceptors (Lipinski definition) is 5. The van der Waals surface area contributed by atoms with Crippen LogP contribution in [-0.2, 0) is 25.3 Å². The van der Waals surface area contributed by atoms with Gasteiger partial charge in [-0.2, -0.15) is 0 Å². The summed E-state index contributed by atoms with van der Waals surface area (Å²) in [7, 11) is 2.97. The van der Waals surface area contributed by atoms with Gasteiger partial charge < -0.3 is 14.8 Å². The van der Waals surface area contributed by atoms with Crippen molar-refractivity contribution in [1.29, 1.82) is 0 Å². The van der Waals surface area contributed by atoms with Crippen molar-refractivity contribution in [3.05, 3.63) is 56.7 Å². The van der Waals surface area contributed by atoms with E-state index in [1.165, 1.54) is 23.7 Å². The lowest BCUT2D eigenvalue weighted by atomic mass is 10.2. The van der Waals surface area contributed by atoms with Crippen LogP contribution < -0.4 is 16.1 Å². The fourth-order valence-corrected chi connectivity index (χ4v) is 3.74. The molecule has 4 rings (SSSR count). The molecule has 0 saturated carbocycles. The molecule has 1 saturated heterocycles. The second-order valence-corrected chi connectivity index (χ2v) is 7.43. The summed E-state index contributed by atoms with van der Waals surface area (Å²) in [5, 5.41) is 0. The van der Waals surface area contributed by atoms with Crippen molar-refractivity contribution in [2.45, 2.75) is 12.8 Å². The fraction of sp³-hybridized carbons (Fsp3) is 0.400. The number of hydrogen-bond donors (Lipinski definition) is 1. The van der Waals surface area contributed by atoms with Gasteiger partial charge in [0.2, 0.25) is 5.91 Å². The van der Waals surface area contributed by atoms with Crippen LogP contribution in [0.3, 0.4) is 0 Å². The zero-order chi connectivity index (χ0) is 21.4. The van der Waals surface area contributed by atoms with E-state index in [9.17, 15) is 18.8 Å². The van der Waals surface area contributed by atoms with Crippen molar-refractivity contribution < 1.29 is 9.18 Å². The average molecular weight is 414 g/mol. The molecule has 0 aliphatic carbocycles. The van der Waals surface area contributed by atoms with E-state index in [0.29, 0.717) is 44.1 Å². The largest absolute Gasteiger partial charge is 0.368 e. The van der Waals surface area contributed by atoms with E-state index >= 15 is 0 Å². The molecular weight excluding hydrogens is 391 g/mol. The lowest BCUT2D eigenvalue weighted by Crippen LogP contribution is -2.48. The summed E-state index contributed by atoms with van der Waals surface area (Å²) in [6, 6.07) is 6.35. The maximum atomic E-state index is 13.1. The van der Waals surface area contributed by atoms with Crippen molar-refractivity contribution in [1.82, 2.24) is 24.0 Å². The van der Waals surface area contributed by atoms with E-state index < -0.39 is 11.2 Å². The molecule has 9 nitrogen and oxygen atoms in total. The molecule has 0 radical (unpaired) electrons. The topological polar surface area (TPSA) is 96.2 Å². The molecule has 1 fully saturated rings. The maximum Gasteiger partial charge on any atom is 0.332 e. The lowest BCUT2D eigenvalue weighted by Gasteiger charge is -2.36. The van der Waals surface area contributed by atoms with Crippen molar-refractivity contribution in [2.75, 3.05) is 31.1 Å². The highest BCUT2D eigenvalue weighted by molar-refractivity contribution is 5.77. The third-order valence-corrected chi connectivity index (χ3v) is 5.54. The third-order valence-electron chi connectivity index (χ3n) is 5.54. The van der Waals surface area contributed by atoms with Gasteiger partial charge in [0.05, 0.1) is 0 Å². The number of H-pyrrole nitrogens is 1. The van der Waals surface area contributed by atoms with E-state index in [2.05, 4.69) is 14.9 Å². The van der Waals surface area contributed by atoms with Crippen LogP contribution in [0.2, 0.25) is 0 Å². The first kappa shape index (κ1) is 19.9. The second kappa shape index (κ2) is 7.77. The van der Waals surface area contributed by atoms with Gasteiger partial charge >= 0.3 is 5.69 Å². The standard InChI is InChI=1S/C20H23FN6O3/c1-24-18-17(19(29)25(2)20(24)30)22-15(23-18)7-8-16(28)27-11-9-26(10-12-27)14-5-3-13(21)4-6-14/h3-6H,7-12H2,1-2H3,(H,22,23). The van der Waals surface area contributed by atoms with Crippen LogP contribution in [0, 0.1) is 5.82 Å². The Hall–Kier alpha value is -3.43. The molecule has 2 aromatic heterocycles. The quantitative estimate of drug-likeness (QED) is 0.666. The minimum atomic E-state index is -0.444. The van der Waals surface area contributed by atoms with Gasteiger partial charge in [-0.15, -0.1) is 0 Å². The Morgan fingerprint density at radius 1 is 1.07 bits per heavy atom. The number of anilines is 1. The Labute approximate surface area is 171 Å². The number of aryl methyl sites for hydroxylation is 2. The first-order valence-corrected chi connectivity index (χ1v) is 9.78. The van der Waals surface area contributed by atoms with Crippen LogP contribution in [0.4, 0.5) is 10.1 Å². The summed E-state index contributed by atoms with van der Waals surface area (Å²) >= 11 is 0. The summed E-state index contributed by atoms with van der Waals surface area (Å²) in [6.07, 6.45) is 0.605.